The Hall–Kier alpha value is 1.19. The molecule has 2 heteroatoms. The molecule has 2 saturated carbocycles. The quantitative estimate of drug-likeness (QED) is 0.491. The molecule has 0 aromatic heterocycles. The first-order chi connectivity index (χ1) is 5.00. The topological polar surface area (TPSA) is 0 Å². The van der Waals surface area contributed by atoms with Crippen molar-refractivity contribution in [3.05, 3.63) is 64.2 Å². The van der Waals surface area contributed by atoms with Gasteiger partial charge in [0.2, 0.25) is 0 Å². The average Bonchev–Trinajstić information content (AvgIpc) is 2.67. The standard InChI is InChI=1S/2C5H5.BrH.Ti/c2*1-2-4-5-3-1;;/h2*1-5H;1H;/q;;;+4/p-1. The Kier molecular flexibility index (Phi) is 15.9. The molecular formula is C10H10BrTi+3. The minimum atomic E-state index is 0. The van der Waals surface area contributed by atoms with Crippen molar-refractivity contribution in [3.8, 4) is 0 Å². The van der Waals surface area contributed by atoms with Crippen molar-refractivity contribution < 1.29 is 38.7 Å². The molecule has 0 amide bonds. The molecule has 0 N–H and O–H groups in total. The summed E-state index contributed by atoms with van der Waals surface area (Å²) in [5, 5.41) is 0. The molecule has 0 saturated heterocycles. The Balaban J connectivity index is 0. The molecular weight excluding hydrogens is 248 g/mol. The van der Waals surface area contributed by atoms with Crippen LogP contribution in [0, 0.1) is 64.2 Å². The molecule has 58 valence electrons. The van der Waals surface area contributed by atoms with Crippen LogP contribution in [0.15, 0.2) is 0 Å². The molecule has 12 heavy (non-hydrogen) atoms. The van der Waals surface area contributed by atoms with E-state index in [1.165, 1.54) is 0 Å². The van der Waals surface area contributed by atoms with Crippen LogP contribution in [-0.2, 0) is 21.7 Å². The first-order valence-corrected chi connectivity index (χ1v) is 3.33. The fraction of sp³-hybridized carbons (Fsp3) is 0. The van der Waals surface area contributed by atoms with Crippen molar-refractivity contribution in [1.82, 2.24) is 0 Å². The van der Waals surface area contributed by atoms with Gasteiger partial charge in [-0.2, -0.15) is 0 Å². The van der Waals surface area contributed by atoms with Gasteiger partial charge in [0, 0.05) is 0 Å². The van der Waals surface area contributed by atoms with Gasteiger partial charge in [-0.25, -0.2) is 0 Å². The van der Waals surface area contributed by atoms with Crippen molar-refractivity contribution in [3.63, 3.8) is 0 Å². The van der Waals surface area contributed by atoms with Gasteiger partial charge in [-0.3, -0.25) is 0 Å². The van der Waals surface area contributed by atoms with Crippen LogP contribution in [0.25, 0.3) is 0 Å². The summed E-state index contributed by atoms with van der Waals surface area (Å²) in [4.78, 5) is 0. The molecule has 0 aliphatic heterocycles. The predicted molar refractivity (Wildman–Crippen MR) is 43.0 cm³/mol. The Morgan fingerprint density at radius 2 is 0.417 bits per heavy atom. The summed E-state index contributed by atoms with van der Waals surface area (Å²) in [5.41, 5.74) is 0. The maximum atomic E-state index is 2.00. The van der Waals surface area contributed by atoms with Crippen LogP contribution in [0.3, 0.4) is 0 Å². The first kappa shape index (κ1) is 15.7. The zero-order valence-electron chi connectivity index (χ0n) is 6.65. The van der Waals surface area contributed by atoms with E-state index in [9.17, 15) is 0 Å². The minimum absolute atomic E-state index is 0. The zero-order valence-corrected chi connectivity index (χ0v) is 9.80. The number of halogens is 1. The smallest absolute Gasteiger partial charge is 1.00 e. The number of hydrogen-bond donors (Lipinski definition) is 0. The van der Waals surface area contributed by atoms with Crippen LogP contribution in [0.2, 0.25) is 0 Å². The van der Waals surface area contributed by atoms with E-state index in [0.29, 0.717) is 0 Å². The van der Waals surface area contributed by atoms with Gasteiger partial charge in [0.05, 0.1) is 0 Å². The first-order valence-electron chi connectivity index (χ1n) is 3.33. The van der Waals surface area contributed by atoms with Crippen molar-refractivity contribution in [2.24, 2.45) is 0 Å². The molecule has 0 aromatic carbocycles. The van der Waals surface area contributed by atoms with E-state index in [1.54, 1.807) is 0 Å². The monoisotopic (exact) mass is 257 g/mol. The van der Waals surface area contributed by atoms with Crippen molar-refractivity contribution in [1.29, 1.82) is 0 Å². The van der Waals surface area contributed by atoms with E-state index in [0.717, 1.165) is 0 Å². The second-order valence-corrected chi connectivity index (χ2v) is 1.92. The van der Waals surface area contributed by atoms with Crippen molar-refractivity contribution in [2.75, 3.05) is 0 Å². The normalized spacial score (nSPS) is 20.0. The molecule has 0 nitrogen and oxygen atoms in total. The molecule has 2 aliphatic carbocycles. The van der Waals surface area contributed by atoms with Crippen LogP contribution >= 0.6 is 0 Å². The van der Waals surface area contributed by atoms with E-state index in [4.69, 9.17) is 0 Å². The van der Waals surface area contributed by atoms with Gasteiger partial charge in [-0.15, -0.1) is 0 Å². The summed E-state index contributed by atoms with van der Waals surface area (Å²) in [7, 11) is 0. The molecule has 0 atom stereocenters. The maximum Gasteiger partial charge on any atom is 4.00 e. The third-order valence-electron chi connectivity index (χ3n) is 1.11. The third kappa shape index (κ3) is 9.28. The van der Waals surface area contributed by atoms with Crippen LogP contribution in [0.5, 0.6) is 0 Å². The summed E-state index contributed by atoms with van der Waals surface area (Å²) >= 11 is 0. The van der Waals surface area contributed by atoms with E-state index >= 15 is 0 Å². The Morgan fingerprint density at radius 1 is 0.333 bits per heavy atom. The van der Waals surface area contributed by atoms with Gasteiger partial charge >= 0.3 is 21.7 Å². The number of hydrogen-bond acceptors (Lipinski definition) is 0. The Labute approximate surface area is 103 Å². The van der Waals surface area contributed by atoms with Crippen LogP contribution in [-0.4, -0.2) is 0 Å². The van der Waals surface area contributed by atoms with Crippen molar-refractivity contribution in [2.45, 2.75) is 0 Å². The van der Waals surface area contributed by atoms with Crippen LogP contribution in [0.4, 0.5) is 0 Å². The Bertz CT molecular complexity index is 43.0. The van der Waals surface area contributed by atoms with Gasteiger partial charge in [0.25, 0.3) is 0 Å². The summed E-state index contributed by atoms with van der Waals surface area (Å²) in [5.74, 6) is 0. The van der Waals surface area contributed by atoms with E-state index in [2.05, 4.69) is 0 Å². The minimum Gasteiger partial charge on any atom is -1.00 e. The van der Waals surface area contributed by atoms with Gasteiger partial charge in [0.15, 0.2) is 0 Å². The van der Waals surface area contributed by atoms with Gasteiger partial charge in [0.1, 0.15) is 0 Å². The maximum absolute atomic E-state index is 2.00. The van der Waals surface area contributed by atoms with Gasteiger partial charge < -0.3 is 17.0 Å². The van der Waals surface area contributed by atoms with Crippen LogP contribution < -0.4 is 17.0 Å². The van der Waals surface area contributed by atoms with Gasteiger partial charge in [-0.1, -0.05) is 0 Å². The molecule has 2 aliphatic rings. The molecule has 0 aromatic rings. The summed E-state index contributed by atoms with van der Waals surface area (Å²) in [6.07, 6.45) is 20.0. The SMILES string of the molecule is [Br-].[CH]1[CH][CH][CH][CH]1.[CH]1[CH][CH][CH][CH]1.[Ti+4]. The largest absolute Gasteiger partial charge is 4.00 e. The molecule has 2 fully saturated rings. The molecule has 2 rings (SSSR count). The third-order valence-corrected chi connectivity index (χ3v) is 1.11. The molecule has 0 spiro atoms. The Morgan fingerprint density at radius 3 is 0.500 bits per heavy atom. The molecule has 0 heterocycles. The fourth-order valence-electron chi connectivity index (χ4n) is 0.642. The number of rotatable bonds is 0. The van der Waals surface area contributed by atoms with Crippen LogP contribution in [0.1, 0.15) is 0 Å². The average molecular weight is 258 g/mol. The summed E-state index contributed by atoms with van der Waals surface area (Å²) in [6.45, 7) is 0. The molecule has 10 radical (unpaired) electrons. The summed E-state index contributed by atoms with van der Waals surface area (Å²) < 4.78 is 0. The van der Waals surface area contributed by atoms with E-state index in [1.807, 2.05) is 64.2 Å². The zero-order chi connectivity index (χ0) is 7.07. The van der Waals surface area contributed by atoms with Gasteiger partial charge in [-0.05, 0) is 64.2 Å². The fourth-order valence-corrected chi connectivity index (χ4v) is 0.642. The second kappa shape index (κ2) is 12.2. The molecule has 0 bridgehead atoms. The predicted octanol–water partition coefficient (Wildman–Crippen LogP) is -0.956. The molecule has 0 unspecified atom stereocenters. The van der Waals surface area contributed by atoms with E-state index < -0.39 is 0 Å². The van der Waals surface area contributed by atoms with Crippen molar-refractivity contribution >= 4 is 0 Å². The second-order valence-electron chi connectivity index (χ2n) is 1.92. The van der Waals surface area contributed by atoms with E-state index in [-0.39, 0.29) is 38.7 Å². The summed E-state index contributed by atoms with van der Waals surface area (Å²) in [6, 6.07) is 0.